The number of nitrogens with zero attached hydrogens (tertiary/aromatic N) is 3. The molecule has 2 saturated heterocycles. The molecular weight excluding hydrogens is 381 g/mol. The molecule has 3 rings (SSSR count). The predicted molar refractivity (Wildman–Crippen MR) is 119 cm³/mol. The first-order valence-corrected chi connectivity index (χ1v) is 10.8. The predicted octanol–water partition coefficient (Wildman–Crippen LogP) is 3.13. The summed E-state index contributed by atoms with van der Waals surface area (Å²) >= 11 is 0. The maximum Gasteiger partial charge on any atom is 0.496 e. The number of rotatable bonds is 2. The Balaban J connectivity index is 1.69. The van der Waals surface area contributed by atoms with Crippen LogP contribution < -0.4 is 10.4 Å². The lowest BCUT2D eigenvalue weighted by atomic mass is 9.77. The van der Waals surface area contributed by atoms with Crippen LogP contribution in [0.25, 0.3) is 0 Å². The van der Waals surface area contributed by atoms with E-state index in [1.165, 1.54) is 0 Å². The number of hydrogen-bond donors (Lipinski definition) is 0. The van der Waals surface area contributed by atoms with Crippen molar-refractivity contribution in [3.05, 3.63) is 17.8 Å². The first kappa shape index (κ1) is 22.9. The smallest absolute Gasteiger partial charge is 0.444 e. The van der Waals surface area contributed by atoms with Gasteiger partial charge in [0.25, 0.3) is 0 Å². The van der Waals surface area contributed by atoms with Crippen molar-refractivity contribution in [2.45, 2.75) is 85.2 Å². The number of aromatic nitrogens is 1. The molecule has 0 bridgehead atoms. The molecule has 1 amide bonds. The lowest BCUT2D eigenvalue weighted by Gasteiger charge is -2.40. The molecule has 30 heavy (non-hydrogen) atoms. The van der Waals surface area contributed by atoms with Crippen LogP contribution in [0.15, 0.2) is 12.3 Å². The van der Waals surface area contributed by atoms with Gasteiger partial charge in [0.2, 0.25) is 0 Å². The summed E-state index contributed by atoms with van der Waals surface area (Å²) in [6, 6.07) is 2.12. The van der Waals surface area contributed by atoms with E-state index in [0.717, 1.165) is 16.8 Å². The van der Waals surface area contributed by atoms with Gasteiger partial charge in [0.15, 0.2) is 0 Å². The highest BCUT2D eigenvalue weighted by Gasteiger charge is 2.52. The Kier molecular flexibility index (Phi) is 5.88. The molecule has 0 aromatic carbocycles. The summed E-state index contributed by atoms with van der Waals surface area (Å²) in [6.07, 6.45) is 1.60. The van der Waals surface area contributed by atoms with Crippen LogP contribution in [0.5, 0.6) is 0 Å². The fraction of sp³-hybridized carbons (Fsp3) is 0.727. The first-order valence-electron chi connectivity index (χ1n) is 10.8. The number of piperazine rings is 1. The number of amides is 1. The summed E-state index contributed by atoms with van der Waals surface area (Å²) in [4.78, 5) is 21.2. The summed E-state index contributed by atoms with van der Waals surface area (Å²) in [7, 11) is -0.417. The van der Waals surface area contributed by atoms with Gasteiger partial charge in [-0.25, -0.2) is 9.78 Å². The molecule has 0 aliphatic carbocycles. The second-order valence-electron chi connectivity index (χ2n) is 10.5. The van der Waals surface area contributed by atoms with Gasteiger partial charge in [0.1, 0.15) is 11.4 Å². The normalized spacial score (nSPS) is 23.6. The molecule has 7 nitrogen and oxygen atoms in total. The van der Waals surface area contributed by atoms with E-state index in [1.54, 1.807) is 4.90 Å². The SMILES string of the molecule is Cc1cc(N2CCN(C(=O)OC(C)(C)C)[C@H](C)C2)ncc1B1OC(C)(C)C(C)(C)O1. The quantitative estimate of drug-likeness (QED) is 0.689. The number of pyridine rings is 1. The Morgan fingerprint density at radius 1 is 1.20 bits per heavy atom. The van der Waals surface area contributed by atoms with Crippen LogP contribution in [-0.4, -0.2) is 65.6 Å². The molecule has 0 spiro atoms. The molecule has 0 N–H and O–H groups in total. The molecule has 1 aromatic rings. The van der Waals surface area contributed by atoms with Crippen molar-refractivity contribution in [1.82, 2.24) is 9.88 Å². The summed E-state index contributed by atoms with van der Waals surface area (Å²) in [5.41, 5.74) is 0.793. The number of anilines is 1. The summed E-state index contributed by atoms with van der Waals surface area (Å²) in [5, 5.41) is 0. The number of carbonyl (C=O) groups is 1. The maximum absolute atomic E-state index is 12.5. The number of hydrogen-bond acceptors (Lipinski definition) is 6. The average Bonchev–Trinajstić information content (AvgIpc) is 2.80. The third-order valence-electron chi connectivity index (χ3n) is 6.22. The van der Waals surface area contributed by atoms with E-state index in [4.69, 9.17) is 19.0 Å². The van der Waals surface area contributed by atoms with Crippen molar-refractivity contribution in [2.75, 3.05) is 24.5 Å². The molecule has 1 aromatic heterocycles. The topological polar surface area (TPSA) is 64.1 Å². The van der Waals surface area contributed by atoms with Crippen molar-refractivity contribution in [3.63, 3.8) is 0 Å². The van der Waals surface area contributed by atoms with E-state index >= 15 is 0 Å². The monoisotopic (exact) mass is 417 g/mol. The second kappa shape index (κ2) is 7.72. The molecule has 2 aliphatic rings. The molecule has 3 heterocycles. The van der Waals surface area contributed by atoms with Crippen molar-refractivity contribution in [3.8, 4) is 0 Å². The van der Waals surface area contributed by atoms with Crippen LogP contribution in [0.2, 0.25) is 0 Å². The van der Waals surface area contributed by atoms with Crippen LogP contribution in [0.3, 0.4) is 0 Å². The highest BCUT2D eigenvalue weighted by atomic mass is 16.7. The minimum atomic E-state index is -0.490. The van der Waals surface area contributed by atoms with Crippen molar-refractivity contribution in [1.29, 1.82) is 0 Å². The number of carbonyl (C=O) groups excluding carboxylic acids is 1. The van der Waals surface area contributed by atoms with Gasteiger partial charge in [-0.05, 0) is 73.9 Å². The Labute approximate surface area is 181 Å². The minimum absolute atomic E-state index is 0.0403. The highest BCUT2D eigenvalue weighted by Crippen LogP contribution is 2.36. The van der Waals surface area contributed by atoms with E-state index in [0.29, 0.717) is 19.6 Å². The molecule has 8 heteroatoms. The van der Waals surface area contributed by atoms with Gasteiger partial charge in [0, 0.05) is 37.3 Å². The van der Waals surface area contributed by atoms with Crippen molar-refractivity contribution in [2.24, 2.45) is 0 Å². The van der Waals surface area contributed by atoms with E-state index < -0.39 is 12.7 Å². The summed E-state index contributed by atoms with van der Waals surface area (Å²) < 4.78 is 17.9. The van der Waals surface area contributed by atoms with Crippen molar-refractivity contribution >= 4 is 24.5 Å². The first-order chi connectivity index (χ1) is 13.7. The van der Waals surface area contributed by atoms with E-state index in [2.05, 4.69) is 45.6 Å². The summed E-state index contributed by atoms with van der Waals surface area (Å²) in [6.45, 7) is 20.0. The third-order valence-corrected chi connectivity index (χ3v) is 6.22. The van der Waals surface area contributed by atoms with E-state index in [-0.39, 0.29) is 23.3 Å². The molecule has 0 radical (unpaired) electrons. The molecule has 2 aliphatic heterocycles. The minimum Gasteiger partial charge on any atom is -0.444 e. The highest BCUT2D eigenvalue weighted by molar-refractivity contribution is 6.62. The lowest BCUT2D eigenvalue weighted by Crippen LogP contribution is -2.55. The van der Waals surface area contributed by atoms with Crippen LogP contribution in [0.4, 0.5) is 10.6 Å². The van der Waals surface area contributed by atoms with Crippen LogP contribution in [-0.2, 0) is 14.0 Å². The third kappa shape index (κ3) is 4.59. The fourth-order valence-electron chi connectivity index (χ4n) is 3.70. The van der Waals surface area contributed by atoms with Crippen LogP contribution in [0.1, 0.15) is 61.0 Å². The molecule has 166 valence electrons. The molecule has 1 atom stereocenters. The zero-order chi connectivity index (χ0) is 22.5. The van der Waals surface area contributed by atoms with Gasteiger partial charge in [0.05, 0.1) is 11.2 Å². The van der Waals surface area contributed by atoms with Gasteiger partial charge in [-0.1, -0.05) is 0 Å². The van der Waals surface area contributed by atoms with Gasteiger partial charge in [-0.15, -0.1) is 0 Å². The van der Waals surface area contributed by atoms with Crippen LogP contribution in [0, 0.1) is 6.92 Å². The fourth-order valence-corrected chi connectivity index (χ4v) is 3.70. The standard InChI is InChI=1S/C22H36BN3O4/c1-15-12-18(24-13-17(15)23-29-21(6,7)22(8,9)30-23)25-10-11-26(16(2)14-25)19(27)28-20(3,4)5/h12-13,16H,10-11,14H2,1-9H3/t16-/m1/s1. The zero-order valence-electron chi connectivity index (χ0n) is 19.9. The van der Waals surface area contributed by atoms with Gasteiger partial charge >= 0.3 is 13.2 Å². The number of aryl methyl sites for hydroxylation is 1. The Morgan fingerprint density at radius 3 is 2.30 bits per heavy atom. The maximum atomic E-state index is 12.5. The average molecular weight is 417 g/mol. The zero-order valence-corrected chi connectivity index (χ0v) is 19.9. The van der Waals surface area contributed by atoms with E-state index in [1.807, 2.05) is 33.9 Å². The van der Waals surface area contributed by atoms with Crippen LogP contribution >= 0.6 is 0 Å². The van der Waals surface area contributed by atoms with Crippen molar-refractivity contribution < 1.29 is 18.8 Å². The van der Waals surface area contributed by atoms with Gasteiger partial charge in [-0.2, -0.15) is 0 Å². The molecular formula is C22H36BN3O4. The number of ether oxygens (including phenoxy) is 1. The Hall–Kier alpha value is -1.80. The molecule has 0 saturated carbocycles. The summed E-state index contributed by atoms with van der Waals surface area (Å²) in [5.74, 6) is 0.906. The molecule has 0 unspecified atom stereocenters. The lowest BCUT2D eigenvalue weighted by molar-refractivity contribution is 0.00578. The largest absolute Gasteiger partial charge is 0.496 e. The van der Waals surface area contributed by atoms with Gasteiger partial charge in [-0.3, -0.25) is 0 Å². The molecule has 2 fully saturated rings. The van der Waals surface area contributed by atoms with E-state index in [9.17, 15) is 4.79 Å². The Bertz CT molecular complexity index is 790. The Morgan fingerprint density at radius 2 is 1.80 bits per heavy atom. The van der Waals surface area contributed by atoms with Gasteiger partial charge < -0.3 is 23.8 Å². The second-order valence-corrected chi connectivity index (χ2v) is 10.5.